The number of aryl methyl sites for hydroxylation is 1. The highest BCUT2D eigenvalue weighted by atomic mass is 16.2. The Morgan fingerprint density at radius 2 is 2.04 bits per heavy atom. The zero-order valence-corrected chi connectivity index (χ0v) is 16.0. The van der Waals surface area contributed by atoms with E-state index in [0.717, 1.165) is 22.9 Å². The van der Waals surface area contributed by atoms with Gasteiger partial charge in [-0.15, -0.1) is 0 Å². The van der Waals surface area contributed by atoms with Crippen LogP contribution < -0.4 is 5.32 Å². The van der Waals surface area contributed by atoms with Gasteiger partial charge in [-0.1, -0.05) is 38.3 Å². The first-order valence-electron chi connectivity index (χ1n) is 9.72. The molecule has 26 heavy (non-hydrogen) atoms. The average molecular weight is 355 g/mol. The summed E-state index contributed by atoms with van der Waals surface area (Å²) in [7, 11) is 0. The highest BCUT2D eigenvalue weighted by molar-refractivity contribution is 5.91. The van der Waals surface area contributed by atoms with Crippen molar-refractivity contribution in [3.8, 4) is 0 Å². The van der Waals surface area contributed by atoms with Crippen molar-refractivity contribution >= 4 is 22.7 Å². The quantitative estimate of drug-likeness (QED) is 0.878. The largest absolute Gasteiger partial charge is 0.353 e. The van der Waals surface area contributed by atoms with E-state index in [0.29, 0.717) is 31.1 Å². The van der Waals surface area contributed by atoms with E-state index in [1.807, 2.05) is 25.1 Å². The van der Waals surface area contributed by atoms with E-state index in [4.69, 9.17) is 0 Å². The fraction of sp³-hybridized carbons (Fsp3) is 0.571. The molecule has 3 unspecified atom stereocenters. The lowest BCUT2D eigenvalue weighted by Crippen LogP contribution is -2.43. The number of rotatable bonds is 5. The molecule has 0 aliphatic heterocycles. The molecule has 1 saturated carbocycles. The van der Waals surface area contributed by atoms with Crippen LogP contribution in [0.15, 0.2) is 24.4 Å². The fourth-order valence-electron chi connectivity index (χ4n) is 3.92. The van der Waals surface area contributed by atoms with Gasteiger partial charge in [0.2, 0.25) is 11.8 Å². The van der Waals surface area contributed by atoms with Crippen LogP contribution in [-0.2, 0) is 4.79 Å². The lowest BCUT2D eigenvalue weighted by atomic mass is 9.78. The lowest BCUT2D eigenvalue weighted by molar-refractivity contribution is -0.122. The summed E-state index contributed by atoms with van der Waals surface area (Å²) in [6.07, 6.45) is 6.48. The number of nitrogens with zero attached hydrogens (tertiary/aromatic N) is 2. The molecule has 1 aromatic heterocycles. The van der Waals surface area contributed by atoms with Gasteiger partial charge in [-0.25, -0.2) is 4.68 Å². The Labute approximate surface area is 155 Å². The Morgan fingerprint density at radius 1 is 1.23 bits per heavy atom. The van der Waals surface area contributed by atoms with E-state index in [1.165, 1.54) is 17.5 Å². The highest BCUT2D eigenvalue weighted by Crippen LogP contribution is 2.29. The van der Waals surface area contributed by atoms with Crippen LogP contribution in [0.3, 0.4) is 0 Å². The minimum atomic E-state index is -0.0590. The molecule has 140 valence electrons. The van der Waals surface area contributed by atoms with Crippen LogP contribution in [0.5, 0.6) is 0 Å². The number of benzene rings is 1. The normalized spacial score (nSPS) is 23.1. The van der Waals surface area contributed by atoms with Gasteiger partial charge in [-0.2, -0.15) is 5.10 Å². The number of hydrogen-bond donors (Lipinski definition) is 1. The van der Waals surface area contributed by atoms with Gasteiger partial charge in [0.1, 0.15) is 0 Å². The summed E-state index contributed by atoms with van der Waals surface area (Å²) in [4.78, 5) is 24.7. The van der Waals surface area contributed by atoms with E-state index < -0.39 is 0 Å². The Balaban J connectivity index is 1.49. The molecule has 3 atom stereocenters. The van der Waals surface area contributed by atoms with Crippen LogP contribution >= 0.6 is 0 Å². The molecule has 1 aliphatic carbocycles. The molecule has 1 amide bonds. The topological polar surface area (TPSA) is 64.0 Å². The van der Waals surface area contributed by atoms with E-state index >= 15 is 0 Å². The molecule has 1 aromatic carbocycles. The van der Waals surface area contributed by atoms with Gasteiger partial charge in [-0.05, 0) is 43.7 Å². The molecule has 1 N–H and O–H groups in total. The number of aromatic nitrogens is 2. The molecular formula is C21H29N3O2. The van der Waals surface area contributed by atoms with Crippen molar-refractivity contribution in [2.45, 2.75) is 65.3 Å². The Kier molecular flexibility index (Phi) is 5.74. The maximum absolute atomic E-state index is 12.4. The summed E-state index contributed by atoms with van der Waals surface area (Å²) >= 11 is 0. The van der Waals surface area contributed by atoms with Crippen molar-refractivity contribution in [1.82, 2.24) is 15.1 Å². The monoisotopic (exact) mass is 355 g/mol. The number of carbonyl (C=O) groups excluding carboxylic acids is 2. The first-order valence-corrected chi connectivity index (χ1v) is 9.72. The predicted molar refractivity (Wildman–Crippen MR) is 103 cm³/mol. The third-order valence-corrected chi connectivity index (χ3v) is 5.81. The van der Waals surface area contributed by atoms with Gasteiger partial charge in [0.15, 0.2) is 0 Å². The van der Waals surface area contributed by atoms with Gasteiger partial charge in [0, 0.05) is 24.3 Å². The van der Waals surface area contributed by atoms with Crippen molar-refractivity contribution in [3.05, 3.63) is 30.0 Å². The van der Waals surface area contributed by atoms with E-state index in [1.54, 1.807) is 6.20 Å². The van der Waals surface area contributed by atoms with Crippen LogP contribution in [0.1, 0.15) is 62.7 Å². The predicted octanol–water partition coefficient (Wildman–Crippen LogP) is 4.10. The third kappa shape index (κ3) is 4.14. The second-order valence-electron chi connectivity index (χ2n) is 7.81. The maximum Gasteiger partial charge on any atom is 0.247 e. The molecule has 5 nitrogen and oxygen atoms in total. The summed E-state index contributed by atoms with van der Waals surface area (Å²) in [5.74, 6) is 1.18. The van der Waals surface area contributed by atoms with Crippen LogP contribution in [0, 0.1) is 18.8 Å². The average Bonchev–Trinajstić information content (AvgIpc) is 3.02. The molecule has 0 radical (unpaired) electrons. The number of amides is 1. The van der Waals surface area contributed by atoms with Gasteiger partial charge >= 0.3 is 0 Å². The van der Waals surface area contributed by atoms with Crippen molar-refractivity contribution < 1.29 is 9.59 Å². The van der Waals surface area contributed by atoms with Crippen molar-refractivity contribution in [1.29, 1.82) is 0 Å². The number of carbonyl (C=O) groups is 2. The Morgan fingerprint density at radius 3 is 2.85 bits per heavy atom. The summed E-state index contributed by atoms with van der Waals surface area (Å²) in [6, 6.07) is 6.20. The van der Waals surface area contributed by atoms with Crippen LogP contribution in [-0.4, -0.2) is 27.6 Å². The number of fused-ring (bicyclic) bond motifs is 1. The first kappa shape index (κ1) is 18.6. The molecule has 0 bridgehead atoms. The minimum absolute atomic E-state index is 0.0590. The first-order chi connectivity index (χ1) is 12.5. The molecule has 1 fully saturated rings. The molecule has 0 spiro atoms. The Bertz CT molecular complexity index is 796. The summed E-state index contributed by atoms with van der Waals surface area (Å²) in [5.41, 5.74) is 1.97. The zero-order valence-electron chi connectivity index (χ0n) is 16.0. The van der Waals surface area contributed by atoms with Crippen molar-refractivity contribution in [3.63, 3.8) is 0 Å². The summed E-state index contributed by atoms with van der Waals surface area (Å²) in [6.45, 7) is 6.51. The van der Waals surface area contributed by atoms with Gasteiger partial charge in [-0.3, -0.25) is 9.59 Å². The molecule has 5 heteroatoms. The number of hydrogen-bond acceptors (Lipinski definition) is 3. The standard InChI is InChI=1S/C21H29N3O2/c1-14-10-11-19-17(12-14)13-22-24(19)21(26)9-5-8-20(25)23-18-7-4-6-15(2)16(18)3/h10-13,15-16,18H,4-9H2,1-3H3,(H,23,25). The zero-order chi connectivity index (χ0) is 18.7. The molecule has 1 aliphatic rings. The third-order valence-electron chi connectivity index (χ3n) is 5.81. The van der Waals surface area contributed by atoms with Gasteiger partial charge < -0.3 is 5.32 Å². The van der Waals surface area contributed by atoms with E-state index in [2.05, 4.69) is 24.3 Å². The summed E-state index contributed by atoms with van der Waals surface area (Å²) in [5, 5.41) is 8.35. The van der Waals surface area contributed by atoms with Crippen LogP contribution in [0.4, 0.5) is 0 Å². The SMILES string of the molecule is Cc1ccc2c(cnn2C(=O)CCCC(=O)NC2CCCC(C)C2C)c1. The fourth-order valence-corrected chi connectivity index (χ4v) is 3.92. The van der Waals surface area contributed by atoms with Crippen LogP contribution in [0.25, 0.3) is 10.9 Å². The van der Waals surface area contributed by atoms with Gasteiger partial charge in [0.25, 0.3) is 0 Å². The second kappa shape index (κ2) is 8.02. The molecule has 1 heterocycles. The van der Waals surface area contributed by atoms with Crippen molar-refractivity contribution in [2.75, 3.05) is 0 Å². The lowest BCUT2D eigenvalue weighted by Gasteiger charge is -2.34. The molecule has 3 rings (SSSR count). The minimum Gasteiger partial charge on any atom is -0.353 e. The summed E-state index contributed by atoms with van der Waals surface area (Å²) < 4.78 is 1.46. The smallest absolute Gasteiger partial charge is 0.247 e. The number of nitrogens with one attached hydrogen (secondary N) is 1. The molecule has 0 saturated heterocycles. The Hall–Kier alpha value is -2.17. The van der Waals surface area contributed by atoms with Crippen molar-refractivity contribution in [2.24, 2.45) is 11.8 Å². The van der Waals surface area contributed by atoms with Gasteiger partial charge in [0.05, 0.1) is 11.7 Å². The highest BCUT2D eigenvalue weighted by Gasteiger charge is 2.27. The van der Waals surface area contributed by atoms with Crippen LogP contribution in [0.2, 0.25) is 0 Å². The maximum atomic E-state index is 12.4. The molecule has 2 aromatic rings. The van der Waals surface area contributed by atoms with E-state index in [9.17, 15) is 9.59 Å². The second-order valence-corrected chi connectivity index (χ2v) is 7.81. The van der Waals surface area contributed by atoms with E-state index in [-0.39, 0.29) is 17.9 Å². The molecular weight excluding hydrogens is 326 g/mol.